The van der Waals surface area contributed by atoms with Gasteiger partial charge in [0.1, 0.15) is 0 Å². The van der Waals surface area contributed by atoms with Crippen LogP contribution in [0.2, 0.25) is 0 Å². The van der Waals surface area contributed by atoms with Gasteiger partial charge in [-0.05, 0) is 39.8 Å². The zero-order valence-electron chi connectivity index (χ0n) is 10.1. The third-order valence-corrected chi connectivity index (χ3v) is 2.18. The highest BCUT2D eigenvalue weighted by Crippen LogP contribution is 2.06. The average Bonchev–Trinajstić information content (AvgIpc) is 2.46. The van der Waals surface area contributed by atoms with E-state index in [-0.39, 0.29) is 11.6 Å². The second-order valence-corrected chi connectivity index (χ2v) is 5.10. The van der Waals surface area contributed by atoms with Crippen molar-refractivity contribution in [1.29, 1.82) is 0 Å². The molecule has 0 spiro atoms. The highest BCUT2D eigenvalue weighted by atomic mass is 16.3. The Kier molecular flexibility index (Phi) is 3.94. The van der Waals surface area contributed by atoms with Crippen molar-refractivity contribution < 1.29 is 5.11 Å². The van der Waals surface area contributed by atoms with Gasteiger partial charge >= 0.3 is 0 Å². The van der Waals surface area contributed by atoms with E-state index in [1.807, 2.05) is 12.3 Å². The molecule has 3 heteroatoms. The topological polar surface area (TPSA) is 37.2 Å². The van der Waals surface area contributed by atoms with Crippen LogP contribution in [0.5, 0.6) is 0 Å². The predicted octanol–water partition coefficient (Wildman–Crippen LogP) is 1.76. The highest BCUT2D eigenvalue weighted by molar-refractivity contribution is 5.07. The molecule has 0 aliphatic rings. The molecule has 0 aromatic carbocycles. The summed E-state index contributed by atoms with van der Waals surface area (Å²) in [7, 11) is 0. The van der Waals surface area contributed by atoms with Crippen LogP contribution in [-0.4, -0.2) is 21.3 Å². The maximum Gasteiger partial charge on any atom is 0.0690 e. The van der Waals surface area contributed by atoms with Crippen LogP contribution >= 0.6 is 0 Å². The van der Waals surface area contributed by atoms with E-state index in [0.717, 1.165) is 6.54 Å². The summed E-state index contributed by atoms with van der Waals surface area (Å²) in [5, 5.41) is 12.8. The fraction of sp³-hybridized carbons (Fsp3) is 0.667. The van der Waals surface area contributed by atoms with Crippen LogP contribution in [0.1, 0.15) is 33.4 Å². The molecule has 86 valence electrons. The van der Waals surface area contributed by atoms with Crippen molar-refractivity contribution in [3.05, 3.63) is 24.0 Å². The monoisotopic (exact) mass is 210 g/mol. The number of nitrogens with zero attached hydrogens (tertiary/aromatic N) is 1. The third kappa shape index (κ3) is 4.49. The van der Waals surface area contributed by atoms with Crippen LogP contribution in [0.4, 0.5) is 0 Å². The molecule has 0 bridgehead atoms. The molecule has 1 rings (SSSR count). The standard InChI is InChI=1S/C12H22N2O/c1-10(15)9-14-7-5-6-11(14)8-13-12(2,3)4/h5-7,10,13,15H,8-9H2,1-4H3. The van der Waals surface area contributed by atoms with Crippen molar-refractivity contribution in [1.82, 2.24) is 9.88 Å². The van der Waals surface area contributed by atoms with Gasteiger partial charge in [0.15, 0.2) is 0 Å². The zero-order chi connectivity index (χ0) is 11.5. The van der Waals surface area contributed by atoms with Crippen molar-refractivity contribution in [2.45, 2.75) is 52.4 Å². The molecule has 1 aromatic heterocycles. The number of hydrogen-bond acceptors (Lipinski definition) is 2. The SMILES string of the molecule is CC(O)Cn1cccc1CNC(C)(C)C. The molecule has 1 atom stereocenters. The first kappa shape index (κ1) is 12.3. The zero-order valence-corrected chi connectivity index (χ0v) is 10.1. The summed E-state index contributed by atoms with van der Waals surface area (Å²) < 4.78 is 2.09. The lowest BCUT2D eigenvalue weighted by Crippen LogP contribution is -2.35. The number of aromatic nitrogens is 1. The molecule has 0 fully saturated rings. The lowest BCUT2D eigenvalue weighted by atomic mass is 10.1. The van der Waals surface area contributed by atoms with Crippen molar-refractivity contribution in [3.63, 3.8) is 0 Å². The molecule has 1 unspecified atom stereocenters. The van der Waals surface area contributed by atoms with E-state index in [2.05, 4.69) is 36.7 Å². The van der Waals surface area contributed by atoms with Crippen LogP contribution < -0.4 is 5.32 Å². The molecule has 0 saturated heterocycles. The van der Waals surface area contributed by atoms with E-state index >= 15 is 0 Å². The van der Waals surface area contributed by atoms with Crippen LogP contribution in [0, 0.1) is 0 Å². The van der Waals surface area contributed by atoms with E-state index in [1.54, 1.807) is 6.92 Å². The quantitative estimate of drug-likeness (QED) is 0.794. The lowest BCUT2D eigenvalue weighted by molar-refractivity contribution is 0.172. The second kappa shape index (κ2) is 4.81. The Morgan fingerprint density at radius 2 is 2.13 bits per heavy atom. The largest absolute Gasteiger partial charge is 0.392 e. The maximum atomic E-state index is 9.34. The number of hydrogen-bond donors (Lipinski definition) is 2. The van der Waals surface area contributed by atoms with Gasteiger partial charge in [-0.1, -0.05) is 0 Å². The van der Waals surface area contributed by atoms with Gasteiger partial charge in [-0.2, -0.15) is 0 Å². The summed E-state index contributed by atoms with van der Waals surface area (Å²) in [5.41, 5.74) is 1.34. The normalized spacial score (nSPS) is 14.2. The maximum absolute atomic E-state index is 9.34. The first-order valence-electron chi connectivity index (χ1n) is 5.45. The Morgan fingerprint density at radius 1 is 1.47 bits per heavy atom. The number of rotatable bonds is 4. The van der Waals surface area contributed by atoms with E-state index in [0.29, 0.717) is 6.54 Å². The summed E-state index contributed by atoms with van der Waals surface area (Å²) in [6, 6.07) is 4.10. The Balaban J connectivity index is 2.57. The molecule has 2 N–H and O–H groups in total. The molecular weight excluding hydrogens is 188 g/mol. The van der Waals surface area contributed by atoms with Crippen molar-refractivity contribution in [3.8, 4) is 0 Å². The molecule has 3 nitrogen and oxygen atoms in total. The third-order valence-electron chi connectivity index (χ3n) is 2.18. The molecule has 0 saturated carbocycles. The van der Waals surface area contributed by atoms with Crippen molar-refractivity contribution in [2.24, 2.45) is 0 Å². The molecular formula is C12H22N2O. The second-order valence-electron chi connectivity index (χ2n) is 5.10. The minimum atomic E-state index is -0.300. The van der Waals surface area contributed by atoms with Gasteiger partial charge < -0.3 is 15.0 Å². The Bertz CT molecular complexity index is 297. The predicted molar refractivity (Wildman–Crippen MR) is 62.7 cm³/mol. The minimum Gasteiger partial charge on any atom is -0.392 e. The molecule has 15 heavy (non-hydrogen) atoms. The number of aliphatic hydroxyl groups is 1. The van der Waals surface area contributed by atoms with Crippen molar-refractivity contribution in [2.75, 3.05) is 0 Å². The molecule has 0 aliphatic heterocycles. The summed E-state index contributed by atoms with van der Waals surface area (Å²) in [6.45, 7) is 9.75. The van der Waals surface area contributed by atoms with Crippen LogP contribution in [0.25, 0.3) is 0 Å². The van der Waals surface area contributed by atoms with Crippen LogP contribution in [-0.2, 0) is 13.1 Å². The van der Waals surface area contributed by atoms with Gasteiger partial charge in [0.25, 0.3) is 0 Å². The van der Waals surface area contributed by atoms with Gasteiger partial charge in [-0.3, -0.25) is 0 Å². The van der Waals surface area contributed by atoms with E-state index < -0.39 is 0 Å². The fourth-order valence-electron chi connectivity index (χ4n) is 1.43. The molecule has 0 aliphatic carbocycles. The van der Waals surface area contributed by atoms with Crippen LogP contribution in [0.15, 0.2) is 18.3 Å². The molecule has 1 aromatic rings. The lowest BCUT2D eigenvalue weighted by Gasteiger charge is -2.21. The summed E-state index contributed by atoms with van der Waals surface area (Å²) in [4.78, 5) is 0. The van der Waals surface area contributed by atoms with E-state index in [9.17, 15) is 5.11 Å². The molecule has 0 radical (unpaired) electrons. The van der Waals surface area contributed by atoms with E-state index in [1.165, 1.54) is 5.69 Å². The Morgan fingerprint density at radius 3 is 2.67 bits per heavy atom. The van der Waals surface area contributed by atoms with Gasteiger partial charge in [0, 0.05) is 30.5 Å². The smallest absolute Gasteiger partial charge is 0.0690 e. The van der Waals surface area contributed by atoms with Crippen LogP contribution in [0.3, 0.4) is 0 Å². The highest BCUT2D eigenvalue weighted by Gasteiger charge is 2.10. The summed E-state index contributed by atoms with van der Waals surface area (Å²) in [5.74, 6) is 0. The summed E-state index contributed by atoms with van der Waals surface area (Å²) >= 11 is 0. The van der Waals surface area contributed by atoms with Gasteiger partial charge in [0.05, 0.1) is 6.10 Å². The van der Waals surface area contributed by atoms with Gasteiger partial charge in [-0.25, -0.2) is 0 Å². The molecule has 1 heterocycles. The van der Waals surface area contributed by atoms with E-state index in [4.69, 9.17) is 0 Å². The fourth-order valence-corrected chi connectivity index (χ4v) is 1.43. The Labute approximate surface area is 92.1 Å². The number of nitrogens with one attached hydrogen (secondary N) is 1. The number of aliphatic hydroxyl groups excluding tert-OH is 1. The van der Waals surface area contributed by atoms with Gasteiger partial charge in [-0.15, -0.1) is 0 Å². The minimum absolute atomic E-state index is 0.125. The summed E-state index contributed by atoms with van der Waals surface area (Å²) in [6.07, 6.45) is 1.71. The first-order chi connectivity index (χ1) is 6.88. The molecule has 0 amide bonds. The van der Waals surface area contributed by atoms with Gasteiger partial charge in [0.2, 0.25) is 0 Å². The average molecular weight is 210 g/mol. The Hall–Kier alpha value is -0.800. The van der Waals surface area contributed by atoms with Crippen molar-refractivity contribution >= 4 is 0 Å². The first-order valence-corrected chi connectivity index (χ1v) is 5.45.